The van der Waals surface area contributed by atoms with Gasteiger partial charge in [-0.2, -0.15) is 5.26 Å². The van der Waals surface area contributed by atoms with Gasteiger partial charge in [0.1, 0.15) is 12.4 Å². The summed E-state index contributed by atoms with van der Waals surface area (Å²) in [5, 5.41) is 12.3. The molecular weight excluding hydrogens is 262 g/mol. The Balaban J connectivity index is 1.93. The molecule has 0 unspecified atom stereocenters. The zero-order valence-corrected chi connectivity index (χ0v) is 12.3. The van der Waals surface area contributed by atoms with E-state index in [0.29, 0.717) is 24.0 Å². The first-order valence-corrected chi connectivity index (χ1v) is 6.98. The molecule has 0 fully saturated rings. The van der Waals surface area contributed by atoms with E-state index in [1.54, 1.807) is 12.3 Å². The number of pyridine rings is 1. The van der Waals surface area contributed by atoms with Crippen molar-refractivity contribution in [2.75, 3.05) is 0 Å². The summed E-state index contributed by atoms with van der Waals surface area (Å²) in [5.74, 6) is 0.705. The van der Waals surface area contributed by atoms with E-state index in [2.05, 4.69) is 30.2 Å². The smallest absolute Gasteiger partial charge is 0.138 e. The lowest BCUT2D eigenvalue weighted by Gasteiger charge is -2.09. The van der Waals surface area contributed by atoms with Crippen LogP contribution >= 0.6 is 0 Å². The van der Waals surface area contributed by atoms with E-state index in [0.717, 1.165) is 17.8 Å². The van der Waals surface area contributed by atoms with Gasteiger partial charge in [0, 0.05) is 18.2 Å². The Morgan fingerprint density at radius 3 is 2.71 bits per heavy atom. The van der Waals surface area contributed by atoms with E-state index in [-0.39, 0.29) is 0 Å². The lowest BCUT2D eigenvalue weighted by atomic mass is 10.1. The van der Waals surface area contributed by atoms with Gasteiger partial charge in [0.05, 0.1) is 23.5 Å². The molecule has 0 spiro atoms. The highest BCUT2D eigenvalue weighted by Gasteiger charge is 2.03. The van der Waals surface area contributed by atoms with Crippen molar-refractivity contribution in [2.24, 2.45) is 0 Å². The summed E-state index contributed by atoms with van der Waals surface area (Å²) in [5.41, 5.74) is 2.50. The van der Waals surface area contributed by atoms with Gasteiger partial charge in [-0.3, -0.25) is 4.98 Å². The highest BCUT2D eigenvalue weighted by Crippen LogP contribution is 2.14. The third-order valence-corrected chi connectivity index (χ3v) is 3.02. The van der Waals surface area contributed by atoms with Crippen molar-refractivity contribution in [1.29, 1.82) is 5.26 Å². The van der Waals surface area contributed by atoms with Gasteiger partial charge in [-0.25, -0.2) is 0 Å². The minimum atomic E-state index is 0.370. The first kappa shape index (κ1) is 15.0. The number of aromatic nitrogens is 1. The Labute approximate surface area is 125 Å². The van der Waals surface area contributed by atoms with Gasteiger partial charge in [0.2, 0.25) is 0 Å². The Morgan fingerprint density at radius 1 is 1.24 bits per heavy atom. The summed E-state index contributed by atoms with van der Waals surface area (Å²) in [6.07, 6.45) is 1.71. The first-order valence-electron chi connectivity index (χ1n) is 6.98. The van der Waals surface area contributed by atoms with Crippen LogP contribution in [0.4, 0.5) is 0 Å². The van der Waals surface area contributed by atoms with Crippen LogP contribution in [0.1, 0.15) is 30.7 Å². The maximum atomic E-state index is 9.03. The normalized spacial score (nSPS) is 10.4. The Bertz CT molecular complexity index is 615. The van der Waals surface area contributed by atoms with Crippen molar-refractivity contribution in [3.8, 4) is 11.8 Å². The Morgan fingerprint density at radius 2 is 2.05 bits per heavy atom. The molecule has 0 radical (unpaired) electrons. The summed E-state index contributed by atoms with van der Waals surface area (Å²) in [7, 11) is 0. The van der Waals surface area contributed by atoms with Crippen molar-refractivity contribution in [1.82, 2.24) is 10.3 Å². The van der Waals surface area contributed by atoms with E-state index >= 15 is 0 Å². The fourth-order valence-corrected chi connectivity index (χ4v) is 1.83. The molecule has 1 heterocycles. The van der Waals surface area contributed by atoms with Crippen LogP contribution in [-0.2, 0) is 13.2 Å². The third kappa shape index (κ3) is 4.59. The molecule has 1 aromatic carbocycles. The quantitative estimate of drug-likeness (QED) is 0.884. The number of nitrogens with one attached hydrogen (secondary N) is 1. The molecule has 0 amide bonds. The maximum Gasteiger partial charge on any atom is 0.138 e. The van der Waals surface area contributed by atoms with E-state index in [9.17, 15) is 0 Å². The van der Waals surface area contributed by atoms with Crippen LogP contribution in [0.2, 0.25) is 0 Å². The topological polar surface area (TPSA) is 57.9 Å². The second-order valence-corrected chi connectivity index (χ2v) is 5.08. The molecule has 1 aromatic heterocycles. The molecule has 4 heteroatoms. The lowest BCUT2D eigenvalue weighted by Crippen LogP contribution is -2.22. The summed E-state index contributed by atoms with van der Waals surface area (Å²) in [6.45, 7) is 5.32. The fraction of sp³-hybridized carbons (Fsp3) is 0.294. The van der Waals surface area contributed by atoms with Gasteiger partial charge in [-0.05, 0) is 18.2 Å². The summed E-state index contributed by atoms with van der Waals surface area (Å²) < 4.78 is 5.68. The van der Waals surface area contributed by atoms with Crippen molar-refractivity contribution in [3.63, 3.8) is 0 Å². The molecule has 2 rings (SSSR count). The van der Waals surface area contributed by atoms with Crippen LogP contribution in [0.25, 0.3) is 0 Å². The van der Waals surface area contributed by atoms with E-state index in [4.69, 9.17) is 10.00 Å². The van der Waals surface area contributed by atoms with Crippen molar-refractivity contribution < 1.29 is 4.74 Å². The second-order valence-electron chi connectivity index (χ2n) is 5.08. The van der Waals surface area contributed by atoms with Gasteiger partial charge in [-0.15, -0.1) is 0 Å². The molecule has 0 aliphatic carbocycles. The zero-order valence-electron chi connectivity index (χ0n) is 12.3. The maximum absolute atomic E-state index is 9.03. The molecule has 0 saturated heterocycles. The molecular formula is C17H19N3O. The molecule has 21 heavy (non-hydrogen) atoms. The largest absolute Gasteiger partial charge is 0.487 e. The molecule has 0 bridgehead atoms. The van der Waals surface area contributed by atoms with Gasteiger partial charge < -0.3 is 10.1 Å². The number of nitriles is 1. The Hall–Kier alpha value is -2.38. The molecule has 4 nitrogen and oxygen atoms in total. The number of nitrogens with zero attached hydrogens (tertiary/aromatic N) is 2. The number of benzene rings is 1. The molecule has 0 aliphatic rings. The van der Waals surface area contributed by atoms with Crippen LogP contribution in [0.3, 0.4) is 0 Å². The van der Waals surface area contributed by atoms with Crippen LogP contribution in [0.15, 0.2) is 42.6 Å². The lowest BCUT2D eigenvalue weighted by molar-refractivity contribution is 0.304. The van der Waals surface area contributed by atoms with E-state index in [1.807, 2.05) is 30.3 Å². The molecule has 0 saturated carbocycles. The number of ether oxygens (including phenoxy) is 1. The van der Waals surface area contributed by atoms with Gasteiger partial charge in [0.25, 0.3) is 0 Å². The standard InChI is InChI=1S/C17H19N3O/c1-13(2)19-10-16-7-8-17(11-20-16)21-12-15-6-4-3-5-14(15)9-18/h3-8,11,13,19H,10,12H2,1-2H3. The van der Waals surface area contributed by atoms with Gasteiger partial charge in [-0.1, -0.05) is 32.0 Å². The third-order valence-electron chi connectivity index (χ3n) is 3.02. The highest BCUT2D eigenvalue weighted by molar-refractivity contribution is 5.37. The van der Waals surface area contributed by atoms with E-state index in [1.165, 1.54) is 0 Å². The average Bonchev–Trinajstić information content (AvgIpc) is 2.52. The minimum absolute atomic E-state index is 0.370. The molecule has 2 aromatic rings. The van der Waals surface area contributed by atoms with Gasteiger partial charge >= 0.3 is 0 Å². The number of hydrogen-bond acceptors (Lipinski definition) is 4. The molecule has 0 atom stereocenters. The predicted molar refractivity (Wildman–Crippen MR) is 81.7 cm³/mol. The molecule has 108 valence electrons. The monoisotopic (exact) mass is 281 g/mol. The SMILES string of the molecule is CC(C)NCc1ccc(OCc2ccccc2C#N)cn1. The summed E-state index contributed by atoms with van der Waals surface area (Å²) >= 11 is 0. The second kappa shape index (κ2) is 7.41. The van der Waals surface area contributed by atoms with Gasteiger partial charge in [0.15, 0.2) is 0 Å². The fourth-order valence-electron chi connectivity index (χ4n) is 1.83. The zero-order chi connectivity index (χ0) is 15.1. The summed E-state index contributed by atoms with van der Waals surface area (Å²) in [4.78, 5) is 4.35. The van der Waals surface area contributed by atoms with Crippen LogP contribution in [0, 0.1) is 11.3 Å². The van der Waals surface area contributed by atoms with Crippen molar-refractivity contribution >= 4 is 0 Å². The van der Waals surface area contributed by atoms with Crippen LogP contribution < -0.4 is 10.1 Å². The molecule has 1 N–H and O–H groups in total. The molecule has 0 aliphatic heterocycles. The average molecular weight is 281 g/mol. The number of hydrogen-bond donors (Lipinski definition) is 1. The van der Waals surface area contributed by atoms with Crippen molar-refractivity contribution in [3.05, 3.63) is 59.4 Å². The minimum Gasteiger partial charge on any atom is -0.487 e. The van der Waals surface area contributed by atoms with E-state index < -0.39 is 0 Å². The summed E-state index contributed by atoms with van der Waals surface area (Å²) in [6, 6.07) is 13.9. The first-order chi connectivity index (χ1) is 10.2. The Kier molecular flexibility index (Phi) is 5.30. The van der Waals surface area contributed by atoms with Crippen molar-refractivity contribution in [2.45, 2.75) is 33.0 Å². The predicted octanol–water partition coefficient (Wildman–Crippen LogP) is 3.03. The number of rotatable bonds is 6. The van der Waals surface area contributed by atoms with Crippen LogP contribution in [0.5, 0.6) is 5.75 Å². The highest BCUT2D eigenvalue weighted by atomic mass is 16.5. The van der Waals surface area contributed by atoms with Crippen LogP contribution in [-0.4, -0.2) is 11.0 Å².